The Bertz CT molecular complexity index is 1400. The number of nitrogens with one attached hydrogen (secondary N) is 2. The summed E-state index contributed by atoms with van der Waals surface area (Å²) in [6, 6.07) is 21.6. The minimum absolute atomic E-state index is 0.172. The maximum Gasteiger partial charge on any atom is 0.222 e. The predicted octanol–water partition coefficient (Wildman–Crippen LogP) is 4.42. The summed E-state index contributed by atoms with van der Waals surface area (Å²) in [4.78, 5) is 24.8. The van der Waals surface area contributed by atoms with Crippen LogP contribution >= 0.6 is 0 Å². The van der Waals surface area contributed by atoms with Gasteiger partial charge >= 0.3 is 0 Å². The Hall–Kier alpha value is -4.59. The molecule has 5 aromatic rings. The van der Waals surface area contributed by atoms with Gasteiger partial charge in [0.15, 0.2) is 11.6 Å². The van der Waals surface area contributed by atoms with Crippen molar-refractivity contribution >= 4 is 23.1 Å². The zero-order valence-corrected chi connectivity index (χ0v) is 17.9. The van der Waals surface area contributed by atoms with Gasteiger partial charge in [0, 0.05) is 36.6 Å². The zero-order chi connectivity index (χ0) is 22.6. The number of amides is 1. The summed E-state index contributed by atoms with van der Waals surface area (Å²) < 4.78 is 1.83. The van der Waals surface area contributed by atoms with Crippen LogP contribution in [-0.4, -0.2) is 30.5 Å². The van der Waals surface area contributed by atoms with Crippen molar-refractivity contribution in [2.75, 3.05) is 10.6 Å². The largest absolute Gasteiger partial charge is 0.363 e. The van der Waals surface area contributed by atoms with E-state index < -0.39 is 0 Å². The Morgan fingerprint density at radius 1 is 0.939 bits per heavy atom. The first-order valence-corrected chi connectivity index (χ1v) is 10.5. The van der Waals surface area contributed by atoms with E-state index in [1.54, 1.807) is 18.5 Å². The molecular formula is C25H21N7O. The zero-order valence-electron chi connectivity index (χ0n) is 17.9. The van der Waals surface area contributed by atoms with Crippen LogP contribution < -0.4 is 10.6 Å². The van der Waals surface area contributed by atoms with Crippen LogP contribution in [0.15, 0.2) is 85.3 Å². The second kappa shape index (κ2) is 8.88. The fourth-order valence-corrected chi connectivity index (χ4v) is 3.58. The number of carbonyl (C=O) groups is 1. The van der Waals surface area contributed by atoms with E-state index in [0.717, 1.165) is 27.9 Å². The van der Waals surface area contributed by atoms with Gasteiger partial charge < -0.3 is 10.6 Å². The van der Waals surface area contributed by atoms with Gasteiger partial charge in [-0.05, 0) is 35.9 Å². The monoisotopic (exact) mass is 435 g/mol. The highest BCUT2D eigenvalue weighted by atomic mass is 16.1. The number of anilines is 2. The minimum Gasteiger partial charge on any atom is -0.363 e. The van der Waals surface area contributed by atoms with Crippen LogP contribution in [0.3, 0.4) is 0 Å². The summed E-state index contributed by atoms with van der Waals surface area (Å²) in [5, 5.41) is 10.8. The molecule has 4 aromatic heterocycles. The third kappa shape index (κ3) is 4.40. The molecule has 4 heterocycles. The summed E-state index contributed by atoms with van der Waals surface area (Å²) in [5.74, 6) is 1.52. The fourth-order valence-electron chi connectivity index (χ4n) is 3.58. The number of benzene rings is 1. The third-order valence-electron chi connectivity index (χ3n) is 5.08. The molecule has 5 rings (SSSR count). The lowest BCUT2D eigenvalue weighted by Crippen LogP contribution is -2.09. The Balaban J connectivity index is 1.58. The number of fused-ring (bicyclic) bond motifs is 1. The van der Waals surface area contributed by atoms with Crippen molar-refractivity contribution < 1.29 is 4.79 Å². The first-order chi connectivity index (χ1) is 16.2. The van der Waals surface area contributed by atoms with Gasteiger partial charge in [0.05, 0.1) is 12.2 Å². The second-order valence-electron chi connectivity index (χ2n) is 7.46. The summed E-state index contributed by atoms with van der Waals surface area (Å²) in [6.45, 7) is 1.97. The first kappa shape index (κ1) is 20.3. The molecule has 0 aliphatic rings. The summed E-state index contributed by atoms with van der Waals surface area (Å²) in [6.07, 6.45) is 5.34. The van der Waals surface area contributed by atoms with Gasteiger partial charge in [-0.1, -0.05) is 36.4 Å². The first-order valence-electron chi connectivity index (χ1n) is 10.5. The van der Waals surface area contributed by atoms with Crippen LogP contribution in [0, 0.1) is 0 Å². The van der Waals surface area contributed by atoms with E-state index in [9.17, 15) is 4.79 Å². The molecule has 0 aliphatic carbocycles. The van der Waals surface area contributed by atoms with Gasteiger partial charge in [-0.3, -0.25) is 9.78 Å². The smallest absolute Gasteiger partial charge is 0.222 e. The Morgan fingerprint density at radius 2 is 1.79 bits per heavy atom. The number of carbonyl (C=O) groups excluding carboxylic acids is 1. The second-order valence-corrected chi connectivity index (χ2v) is 7.46. The summed E-state index contributed by atoms with van der Waals surface area (Å²) in [5.41, 5.74) is 4.64. The van der Waals surface area contributed by atoms with Crippen LogP contribution in [-0.2, 0) is 11.3 Å². The van der Waals surface area contributed by atoms with Gasteiger partial charge in [-0.25, -0.2) is 14.5 Å². The number of hydrogen-bond acceptors (Lipinski definition) is 6. The average Bonchev–Trinajstić information content (AvgIpc) is 3.28. The maximum atomic E-state index is 11.3. The molecule has 0 saturated carbocycles. The quantitative estimate of drug-likeness (QED) is 0.410. The topological polar surface area (TPSA) is 97.1 Å². The number of rotatable bonds is 6. The molecule has 0 aliphatic heterocycles. The van der Waals surface area contributed by atoms with Crippen molar-refractivity contribution in [1.29, 1.82) is 0 Å². The van der Waals surface area contributed by atoms with E-state index in [2.05, 4.69) is 32.7 Å². The van der Waals surface area contributed by atoms with Crippen LogP contribution in [0.2, 0.25) is 0 Å². The molecule has 0 saturated heterocycles. The number of nitrogens with zero attached hydrogens (tertiary/aromatic N) is 5. The molecule has 0 spiro atoms. The van der Waals surface area contributed by atoms with Crippen molar-refractivity contribution in [3.63, 3.8) is 0 Å². The summed E-state index contributed by atoms with van der Waals surface area (Å²) in [7, 11) is 0. The van der Waals surface area contributed by atoms with Crippen LogP contribution in [0.4, 0.5) is 11.6 Å². The van der Waals surface area contributed by atoms with E-state index in [0.29, 0.717) is 24.0 Å². The van der Waals surface area contributed by atoms with Gasteiger partial charge in [-0.2, -0.15) is 0 Å². The molecule has 0 fully saturated rings. The predicted molar refractivity (Wildman–Crippen MR) is 128 cm³/mol. The Kier molecular flexibility index (Phi) is 5.47. The standard InChI is InChI=1S/C25H21N7O/c1-17(33)29-22-11-10-19(15-27-22)24-30-25(28-16-20-9-5-6-13-26-20)23-21(12-14-32(23)31-24)18-7-3-2-4-8-18/h2-15H,16H2,1H3,(H,27,29,33)(H,28,30,31). The van der Waals surface area contributed by atoms with Gasteiger partial charge in [-0.15, -0.1) is 5.10 Å². The molecule has 8 heteroatoms. The van der Waals surface area contributed by atoms with Crippen molar-refractivity contribution in [1.82, 2.24) is 24.6 Å². The molecule has 0 radical (unpaired) electrons. The van der Waals surface area contributed by atoms with Crippen LogP contribution in [0.1, 0.15) is 12.6 Å². The molecule has 2 N–H and O–H groups in total. The van der Waals surface area contributed by atoms with Gasteiger partial charge in [0.25, 0.3) is 0 Å². The fraction of sp³-hybridized carbons (Fsp3) is 0.0800. The molecule has 0 unspecified atom stereocenters. The van der Waals surface area contributed by atoms with Crippen LogP contribution in [0.5, 0.6) is 0 Å². The number of pyridine rings is 2. The van der Waals surface area contributed by atoms with Gasteiger partial charge in [0.2, 0.25) is 5.91 Å². The molecule has 8 nitrogen and oxygen atoms in total. The van der Waals surface area contributed by atoms with E-state index in [-0.39, 0.29) is 5.91 Å². The maximum absolute atomic E-state index is 11.3. The molecule has 162 valence electrons. The van der Waals surface area contributed by atoms with Crippen molar-refractivity contribution in [2.45, 2.75) is 13.5 Å². The Morgan fingerprint density at radius 3 is 2.52 bits per heavy atom. The molecule has 0 atom stereocenters. The van der Waals surface area contributed by atoms with E-state index >= 15 is 0 Å². The van der Waals surface area contributed by atoms with E-state index in [4.69, 9.17) is 10.1 Å². The number of aromatic nitrogens is 5. The lowest BCUT2D eigenvalue weighted by atomic mass is 10.1. The van der Waals surface area contributed by atoms with Gasteiger partial charge in [0.1, 0.15) is 11.3 Å². The molecule has 33 heavy (non-hydrogen) atoms. The van der Waals surface area contributed by atoms with Crippen molar-refractivity contribution in [2.24, 2.45) is 0 Å². The average molecular weight is 435 g/mol. The molecule has 1 amide bonds. The Labute approximate surface area is 190 Å². The van der Waals surface area contributed by atoms with Crippen molar-refractivity contribution in [3.05, 3.63) is 91.0 Å². The normalized spacial score (nSPS) is 10.8. The molecular weight excluding hydrogens is 414 g/mol. The SMILES string of the molecule is CC(=O)Nc1ccc(-c2nc(NCc3ccccn3)c3c(-c4ccccc4)ccn3n2)cn1. The summed E-state index contributed by atoms with van der Waals surface area (Å²) >= 11 is 0. The van der Waals surface area contributed by atoms with Crippen LogP contribution in [0.25, 0.3) is 28.0 Å². The highest BCUT2D eigenvalue weighted by Crippen LogP contribution is 2.31. The molecule has 1 aromatic carbocycles. The minimum atomic E-state index is -0.172. The third-order valence-corrected chi connectivity index (χ3v) is 5.08. The van der Waals surface area contributed by atoms with Crippen molar-refractivity contribution in [3.8, 4) is 22.5 Å². The highest BCUT2D eigenvalue weighted by molar-refractivity contribution is 5.89. The highest BCUT2D eigenvalue weighted by Gasteiger charge is 2.15. The lowest BCUT2D eigenvalue weighted by Gasteiger charge is -2.12. The molecule has 0 bridgehead atoms. The van der Waals surface area contributed by atoms with E-state index in [1.807, 2.05) is 59.2 Å². The lowest BCUT2D eigenvalue weighted by molar-refractivity contribution is -0.114. The number of hydrogen-bond donors (Lipinski definition) is 2. The van der Waals surface area contributed by atoms with E-state index in [1.165, 1.54) is 6.92 Å².